The van der Waals surface area contributed by atoms with Crippen molar-refractivity contribution in [3.8, 4) is 5.75 Å². The molecule has 1 N–H and O–H groups in total. The standard InChI is InChI=1S/C22H25FN4O3S/c1-16(29-19-11-9-17(23)10-12-19)21-25-26-22(30-21)31-15-20(28)24-13-6-14-27(2)18-7-4-3-5-8-18/h3-5,7-12,16H,6,13-15H2,1-2H3,(H,24,28). The summed E-state index contributed by atoms with van der Waals surface area (Å²) in [6.45, 7) is 3.19. The molecule has 0 saturated carbocycles. The molecule has 3 aromatic rings. The van der Waals surface area contributed by atoms with Crippen LogP contribution in [-0.2, 0) is 4.79 Å². The first-order valence-electron chi connectivity index (χ1n) is 9.92. The molecular formula is C22H25FN4O3S. The Hall–Kier alpha value is -3.07. The number of hydrogen-bond acceptors (Lipinski definition) is 7. The lowest BCUT2D eigenvalue weighted by molar-refractivity contribution is -0.118. The van der Waals surface area contributed by atoms with Crippen molar-refractivity contribution in [2.45, 2.75) is 24.7 Å². The number of nitrogens with zero attached hydrogens (tertiary/aromatic N) is 3. The molecule has 7 nitrogen and oxygen atoms in total. The molecule has 31 heavy (non-hydrogen) atoms. The second-order valence-electron chi connectivity index (χ2n) is 6.87. The number of amides is 1. The van der Waals surface area contributed by atoms with E-state index in [1.54, 1.807) is 6.92 Å². The lowest BCUT2D eigenvalue weighted by atomic mass is 10.3. The van der Waals surface area contributed by atoms with E-state index in [2.05, 4.69) is 32.5 Å². The van der Waals surface area contributed by atoms with Gasteiger partial charge in [-0.15, -0.1) is 10.2 Å². The molecule has 0 spiro atoms. The van der Waals surface area contributed by atoms with Crippen molar-refractivity contribution in [2.24, 2.45) is 0 Å². The van der Waals surface area contributed by atoms with E-state index in [9.17, 15) is 9.18 Å². The van der Waals surface area contributed by atoms with Crippen molar-refractivity contribution < 1.29 is 18.3 Å². The van der Waals surface area contributed by atoms with Gasteiger partial charge in [0.2, 0.25) is 5.91 Å². The van der Waals surface area contributed by atoms with Crippen molar-refractivity contribution in [1.29, 1.82) is 0 Å². The molecule has 1 aromatic heterocycles. The predicted molar refractivity (Wildman–Crippen MR) is 118 cm³/mol. The molecular weight excluding hydrogens is 419 g/mol. The number of halogens is 1. The molecule has 9 heteroatoms. The predicted octanol–water partition coefficient (Wildman–Crippen LogP) is 4.08. The second kappa shape index (κ2) is 11.4. The topological polar surface area (TPSA) is 80.5 Å². The SMILES string of the molecule is CC(Oc1ccc(F)cc1)c1nnc(SCC(=O)NCCCN(C)c2ccccc2)o1. The molecule has 1 atom stereocenters. The Bertz CT molecular complexity index is 953. The summed E-state index contributed by atoms with van der Waals surface area (Å²) in [5, 5.41) is 11.1. The monoisotopic (exact) mass is 444 g/mol. The van der Waals surface area contributed by atoms with Crippen molar-refractivity contribution >= 4 is 23.4 Å². The Morgan fingerprint density at radius 1 is 1.19 bits per heavy atom. The summed E-state index contributed by atoms with van der Waals surface area (Å²) in [6, 6.07) is 15.8. The lowest BCUT2D eigenvalue weighted by Crippen LogP contribution is -2.29. The summed E-state index contributed by atoms with van der Waals surface area (Å²) in [6.07, 6.45) is 0.341. The van der Waals surface area contributed by atoms with Crippen LogP contribution in [-0.4, -0.2) is 42.0 Å². The van der Waals surface area contributed by atoms with Crippen molar-refractivity contribution in [1.82, 2.24) is 15.5 Å². The molecule has 0 radical (unpaired) electrons. The van der Waals surface area contributed by atoms with Gasteiger partial charge in [0.1, 0.15) is 11.6 Å². The Kier molecular flexibility index (Phi) is 8.28. The van der Waals surface area contributed by atoms with E-state index in [4.69, 9.17) is 9.15 Å². The lowest BCUT2D eigenvalue weighted by Gasteiger charge is -2.19. The quantitative estimate of drug-likeness (QED) is 0.352. The van der Waals surface area contributed by atoms with Crippen molar-refractivity contribution in [2.75, 3.05) is 30.8 Å². The molecule has 164 valence electrons. The number of nitrogens with one attached hydrogen (secondary N) is 1. The second-order valence-corrected chi connectivity index (χ2v) is 7.80. The van der Waals surface area contributed by atoms with Crippen LogP contribution in [0.15, 0.2) is 64.2 Å². The van der Waals surface area contributed by atoms with Gasteiger partial charge < -0.3 is 19.4 Å². The van der Waals surface area contributed by atoms with E-state index in [0.717, 1.165) is 18.7 Å². The number of carbonyl (C=O) groups is 1. The van der Waals surface area contributed by atoms with E-state index >= 15 is 0 Å². The van der Waals surface area contributed by atoms with Gasteiger partial charge in [-0.25, -0.2) is 4.39 Å². The van der Waals surface area contributed by atoms with Crippen LogP contribution in [0, 0.1) is 5.82 Å². The summed E-state index contributed by atoms with van der Waals surface area (Å²) < 4.78 is 24.2. The minimum atomic E-state index is -0.497. The molecule has 0 aliphatic rings. The van der Waals surface area contributed by atoms with E-state index in [1.165, 1.54) is 36.0 Å². The first-order valence-corrected chi connectivity index (χ1v) is 10.9. The van der Waals surface area contributed by atoms with Crippen LogP contribution in [0.3, 0.4) is 0 Å². The number of aromatic nitrogens is 2. The third-order valence-electron chi connectivity index (χ3n) is 4.41. The number of thioether (sulfide) groups is 1. The maximum Gasteiger partial charge on any atom is 0.277 e. The molecule has 1 heterocycles. The number of benzene rings is 2. The average Bonchev–Trinajstić information content (AvgIpc) is 3.26. The number of carbonyl (C=O) groups excluding carboxylic acids is 1. The van der Waals surface area contributed by atoms with Crippen LogP contribution >= 0.6 is 11.8 Å². The van der Waals surface area contributed by atoms with Gasteiger partial charge in [-0.2, -0.15) is 0 Å². The third kappa shape index (κ3) is 7.29. The summed E-state index contributed by atoms with van der Waals surface area (Å²) in [4.78, 5) is 14.2. The van der Waals surface area contributed by atoms with Gasteiger partial charge in [-0.3, -0.25) is 4.79 Å². The van der Waals surface area contributed by atoms with Crippen LogP contribution in [0.25, 0.3) is 0 Å². The smallest absolute Gasteiger partial charge is 0.277 e. The van der Waals surface area contributed by atoms with E-state index in [0.29, 0.717) is 17.5 Å². The fourth-order valence-corrected chi connectivity index (χ4v) is 3.34. The molecule has 2 aromatic carbocycles. The maximum atomic E-state index is 13.0. The Morgan fingerprint density at radius 2 is 1.94 bits per heavy atom. The molecule has 0 aliphatic carbocycles. The highest BCUT2D eigenvalue weighted by molar-refractivity contribution is 7.99. The van der Waals surface area contributed by atoms with Crippen LogP contribution in [0.1, 0.15) is 25.3 Å². The van der Waals surface area contributed by atoms with Gasteiger partial charge in [-0.05, 0) is 49.7 Å². The highest BCUT2D eigenvalue weighted by Crippen LogP contribution is 2.24. The first-order chi connectivity index (χ1) is 15.0. The zero-order chi connectivity index (χ0) is 22.1. The first kappa shape index (κ1) is 22.6. The van der Waals surface area contributed by atoms with Crippen LogP contribution in [0.5, 0.6) is 5.75 Å². The Balaban J connectivity index is 1.35. The number of rotatable bonds is 11. The minimum Gasteiger partial charge on any atom is -0.481 e. The fourth-order valence-electron chi connectivity index (χ4n) is 2.74. The molecule has 0 bridgehead atoms. The summed E-state index contributed by atoms with van der Waals surface area (Å²) in [5.74, 6) is 0.541. The molecule has 3 rings (SSSR count). The van der Waals surface area contributed by atoms with Gasteiger partial charge in [0, 0.05) is 25.8 Å². The molecule has 1 amide bonds. The minimum absolute atomic E-state index is 0.0947. The van der Waals surface area contributed by atoms with Crippen LogP contribution in [0.4, 0.5) is 10.1 Å². The van der Waals surface area contributed by atoms with E-state index in [1.807, 2.05) is 25.2 Å². The summed E-state index contributed by atoms with van der Waals surface area (Å²) in [7, 11) is 2.03. The average molecular weight is 445 g/mol. The number of anilines is 1. The molecule has 0 saturated heterocycles. The van der Waals surface area contributed by atoms with Crippen molar-refractivity contribution in [3.05, 3.63) is 66.3 Å². The zero-order valence-corrected chi connectivity index (χ0v) is 18.3. The van der Waals surface area contributed by atoms with Gasteiger partial charge in [0.15, 0.2) is 6.10 Å². The molecule has 0 aliphatic heterocycles. The summed E-state index contributed by atoms with van der Waals surface area (Å²) >= 11 is 1.17. The number of hydrogen-bond donors (Lipinski definition) is 1. The van der Waals surface area contributed by atoms with Gasteiger partial charge in [0.05, 0.1) is 5.75 Å². The van der Waals surface area contributed by atoms with Crippen LogP contribution < -0.4 is 15.0 Å². The van der Waals surface area contributed by atoms with Crippen LogP contribution in [0.2, 0.25) is 0 Å². The molecule has 0 fully saturated rings. The zero-order valence-electron chi connectivity index (χ0n) is 17.5. The summed E-state index contributed by atoms with van der Waals surface area (Å²) in [5.41, 5.74) is 1.15. The Labute approximate surface area is 185 Å². The van der Waals surface area contributed by atoms with E-state index in [-0.39, 0.29) is 23.4 Å². The maximum absolute atomic E-state index is 13.0. The highest BCUT2D eigenvalue weighted by Gasteiger charge is 2.17. The van der Waals surface area contributed by atoms with Gasteiger partial charge in [0.25, 0.3) is 11.1 Å². The van der Waals surface area contributed by atoms with E-state index < -0.39 is 6.10 Å². The fraction of sp³-hybridized carbons (Fsp3) is 0.318. The highest BCUT2D eigenvalue weighted by atomic mass is 32.2. The van der Waals surface area contributed by atoms with Crippen molar-refractivity contribution in [3.63, 3.8) is 0 Å². The van der Waals surface area contributed by atoms with Gasteiger partial charge >= 0.3 is 0 Å². The Morgan fingerprint density at radius 3 is 2.68 bits per heavy atom. The largest absolute Gasteiger partial charge is 0.481 e. The molecule has 1 unspecified atom stereocenters. The number of para-hydroxylation sites is 1. The van der Waals surface area contributed by atoms with Gasteiger partial charge in [-0.1, -0.05) is 30.0 Å². The number of ether oxygens (including phenoxy) is 1. The third-order valence-corrected chi connectivity index (χ3v) is 5.23. The normalized spacial score (nSPS) is 11.7.